The summed E-state index contributed by atoms with van der Waals surface area (Å²) in [4.78, 5) is 11.2. The summed E-state index contributed by atoms with van der Waals surface area (Å²) < 4.78 is 25.8. The largest absolute Gasteiger partial charge is 0.491 e. The SMILES string of the molecule is CC(C)(C)[Si](C)(C)OC(C=C[C@H]1OC[C@H](O[Si](C)(C)C(C)(C)C)[C@@H]1CCC=O)COc1cccc(Cl)c1. The van der Waals surface area contributed by atoms with Crippen LogP contribution in [-0.4, -0.2) is 54.4 Å². The molecule has 0 N–H and O–H groups in total. The van der Waals surface area contributed by atoms with Crippen molar-refractivity contribution in [3.05, 3.63) is 41.4 Å². The van der Waals surface area contributed by atoms with Gasteiger partial charge in [0.1, 0.15) is 18.6 Å². The van der Waals surface area contributed by atoms with E-state index in [-0.39, 0.29) is 34.3 Å². The first-order valence-corrected chi connectivity index (χ1v) is 19.6. The summed E-state index contributed by atoms with van der Waals surface area (Å²) >= 11 is 6.15. The summed E-state index contributed by atoms with van der Waals surface area (Å²) in [6, 6.07) is 7.42. The lowest BCUT2D eigenvalue weighted by molar-refractivity contribution is -0.108. The number of rotatable bonds is 12. The molecule has 4 atom stereocenters. The lowest BCUT2D eigenvalue weighted by atomic mass is 9.93. The molecule has 37 heavy (non-hydrogen) atoms. The molecule has 1 saturated heterocycles. The molecule has 0 aliphatic carbocycles. The first-order chi connectivity index (χ1) is 17.0. The Kier molecular flexibility index (Phi) is 11.3. The van der Waals surface area contributed by atoms with Crippen molar-refractivity contribution in [2.45, 2.75) is 109 Å². The van der Waals surface area contributed by atoms with E-state index in [1.54, 1.807) is 0 Å². The molecule has 1 fully saturated rings. The number of aldehydes is 1. The van der Waals surface area contributed by atoms with E-state index >= 15 is 0 Å². The number of benzene rings is 1. The van der Waals surface area contributed by atoms with Gasteiger partial charge < -0.3 is 23.1 Å². The highest BCUT2D eigenvalue weighted by molar-refractivity contribution is 6.74. The van der Waals surface area contributed by atoms with Crippen LogP contribution >= 0.6 is 11.6 Å². The van der Waals surface area contributed by atoms with Crippen LogP contribution in [0.15, 0.2) is 36.4 Å². The van der Waals surface area contributed by atoms with Crippen LogP contribution in [0.2, 0.25) is 41.3 Å². The number of hydrogen-bond acceptors (Lipinski definition) is 5. The number of hydrogen-bond donors (Lipinski definition) is 0. The summed E-state index contributed by atoms with van der Waals surface area (Å²) in [5.74, 6) is 0.839. The molecule has 0 spiro atoms. The van der Waals surface area contributed by atoms with Crippen LogP contribution in [-0.2, 0) is 18.4 Å². The van der Waals surface area contributed by atoms with E-state index in [4.69, 9.17) is 29.9 Å². The van der Waals surface area contributed by atoms with E-state index in [9.17, 15) is 4.79 Å². The minimum atomic E-state index is -2.06. The molecule has 0 aromatic heterocycles. The molecule has 1 aliphatic heterocycles. The Bertz CT molecular complexity index is 904. The predicted octanol–water partition coefficient (Wildman–Crippen LogP) is 8.05. The van der Waals surface area contributed by atoms with Crippen molar-refractivity contribution < 1.29 is 23.1 Å². The normalized spacial score (nSPS) is 22.4. The quantitative estimate of drug-likeness (QED) is 0.145. The fourth-order valence-electron chi connectivity index (χ4n) is 3.80. The van der Waals surface area contributed by atoms with E-state index in [1.165, 1.54) is 0 Å². The van der Waals surface area contributed by atoms with Gasteiger partial charge in [-0.15, -0.1) is 0 Å². The van der Waals surface area contributed by atoms with Crippen LogP contribution in [0.1, 0.15) is 54.4 Å². The Morgan fingerprint density at radius 3 is 2.30 bits per heavy atom. The zero-order valence-corrected chi connectivity index (χ0v) is 27.4. The molecule has 210 valence electrons. The second-order valence-electron chi connectivity index (χ2n) is 13.2. The van der Waals surface area contributed by atoms with Gasteiger partial charge in [-0.05, 0) is 60.9 Å². The molecule has 0 amide bonds. The van der Waals surface area contributed by atoms with Gasteiger partial charge in [-0.3, -0.25) is 0 Å². The third-order valence-corrected chi connectivity index (χ3v) is 17.4. The standard InChI is InChI=1S/C29H49ClO5Si2/c1-28(2,3)36(7,8)34-24(20-32-23-14-11-13-22(30)19-23)16-17-26-25(15-12-18-31)27(21-33-26)35-37(9,10)29(4,5)6/h11,13-14,16-19,24-27H,12,15,20-21H2,1-10H3/t24?,25-,26-,27+/m1/s1. The van der Waals surface area contributed by atoms with Gasteiger partial charge in [0.2, 0.25) is 0 Å². The zero-order chi connectivity index (χ0) is 28.1. The van der Waals surface area contributed by atoms with Crippen LogP contribution in [0, 0.1) is 5.92 Å². The molecule has 8 heteroatoms. The van der Waals surface area contributed by atoms with Gasteiger partial charge in [-0.1, -0.05) is 71.4 Å². The van der Waals surface area contributed by atoms with Crippen LogP contribution < -0.4 is 4.74 Å². The Hall–Kier alpha value is -0.966. The topological polar surface area (TPSA) is 54.0 Å². The zero-order valence-electron chi connectivity index (χ0n) is 24.6. The van der Waals surface area contributed by atoms with Crippen molar-refractivity contribution in [1.29, 1.82) is 0 Å². The smallest absolute Gasteiger partial charge is 0.193 e. The molecular formula is C29H49ClO5Si2. The summed E-state index contributed by atoms with van der Waals surface area (Å²) in [5, 5.41) is 0.809. The van der Waals surface area contributed by atoms with Gasteiger partial charge >= 0.3 is 0 Å². The van der Waals surface area contributed by atoms with Crippen molar-refractivity contribution in [2.24, 2.45) is 5.92 Å². The maximum Gasteiger partial charge on any atom is 0.193 e. The first kappa shape index (κ1) is 32.2. The molecule has 1 aromatic carbocycles. The number of ether oxygens (including phenoxy) is 2. The van der Waals surface area contributed by atoms with Crippen LogP contribution in [0.4, 0.5) is 0 Å². The number of carbonyl (C=O) groups is 1. The molecule has 1 heterocycles. The van der Waals surface area contributed by atoms with Crippen molar-refractivity contribution >= 4 is 34.5 Å². The van der Waals surface area contributed by atoms with Crippen molar-refractivity contribution in [1.82, 2.24) is 0 Å². The highest BCUT2D eigenvalue weighted by Crippen LogP contribution is 2.41. The van der Waals surface area contributed by atoms with Gasteiger partial charge in [0.25, 0.3) is 0 Å². The highest BCUT2D eigenvalue weighted by atomic mass is 35.5. The van der Waals surface area contributed by atoms with E-state index in [0.717, 1.165) is 12.7 Å². The van der Waals surface area contributed by atoms with Crippen molar-refractivity contribution in [2.75, 3.05) is 13.2 Å². The monoisotopic (exact) mass is 568 g/mol. The molecule has 1 aromatic rings. The lowest BCUT2D eigenvalue weighted by Crippen LogP contribution is -2.46. The molecular weight excluding hydrogens is 520 g/mol. The number of halogens is 1. The van der Waals surface area contributed by atoms with Gasteiger partial charge in [-0.25, -0.2) is 0 Å². The summed E-state index contributed by atoms with van der Waals surface area (Å²) in [5.41, 5.74) is 0. The van der Waals surface area contributed by atoms with Crippen molar-refractivity contribution in [3.8, 4) is 5.75 Å². The van der Waals surface area contributed by atoms with Gasteiger partial charge in [-0.2, -0.15) is 0 Å². The summed E-state index contributed by atoms with van der Waals surface area (Å²) in [6.45, 7) is 23.4. The fourth-order valence-corrected chi connectivity index (χ4v) is 6.59. The molecule has 0 saturated carbocycles. The number of carbonyl (C=O) groups excluding carboxylic acids is 1. The molecule has 0 radical (unpaired) electrons. The Morgan fingerprint density at radius 1 is 1.08 bits per heavy atom. The minimum Gasteiger partial charge on any atom is -0.491 e. The van der Waals surface area contributed by atoms with Gasteiger partial charge in [0, 0.05) is 17.4 Å². The average Bonchev–Trinajstić information content (AvgIpc) is 3.13. The van der Waals surface area contributed by atoms with Crippen molar-refractivity contribution in [3.63, 3.8) is 0 Å². The lowest BCUT2D eigenvalue weighted by Gasteiger charge is -2.39. The van der Waals surface area contributed by atoms with E-state index in [1.807, 2.05) is 24.3 Å². The Balaban J connectivity index is 2.23. The predicted molar refractivity (Wildman–Crippen MR) is 159 cm³/mol. The fraction of sp³-hybridized carbons (Fsp3) is 0.690. The third-order valence-electron chi connectivity index (χ3n) is 8.20. The minimum absolute atomic E-state index is 0.0158. The molecule has 0 bridgehead atoms. The van der Waals surface area contributed by atoms with Crippen LogP contribution in [0.5, 0.6) is 5.75 Å². The molecule has 5 nitrogen and oxygen atoms in total. The maximum absolute atomic E-state index is 11.2. The highest BCUT2D eigenvalue weighted by Gasteiger charge is 2.45. The van der Waals surface area contributed by atoms with Crippen LogP contribution in [0.3, 0.4) is 0 Å². The molecule has 1 unspecified atom stereocenters. The first-order valence-electron chi connectivity index (χ1n) is 13.4. The maximum atomic E-state index is 11.2. The molecule has 2 rings (SSSR count). The second kappa shape index (κ2) is 12.9. The summed E-state index contributed by atoms with van der Waals surface area (Å²) in [7, 11) is -4.04. The average molecular weight is 569 g/mol. The third kappa shape index (κ3) is 9.32. The summed E-state index contributed by atoms with van der Waals surface area (Å²) in [6.07, 6.45) is 6.02. The van der Waals surface area contributed by atoms with Gasteiger partial charge in [0.15, 0.2) is 16.6 Å². The molecule has 1 aliphatic rings. The van der Waals surface area contributed by atoms with E-state index in [0.29, 0.717) is 30.4 Å². The second-order valence-corrected chi connectivity index (χ2v) is 23.1. The van der Waals surface area contributed by atoms with Gasteiger partial charge in [0.05, 0.1) is 24.9 Å². The van der Waals surface area contributed by atoms with E-state index in [2.05, 4.69) is 79.9 Å². The van der Waals surface area contributed by atoms with Crippen LogP contribution in [0.25, 0.3) is 0 Å². The Morgan fingerprint density at radius 2 is 1.73 bits per heavy atom. The van der Waals surface area contributed by atoms with E-state index < -0.39 is 16.6 Å². The Labute approximate surface area is 232 Å².